The average molecular weight is 256 g/mol. The number of aromatic nitrogens is 3. The zero-order chi connectivity index (χ0) is 12.1. The molecule has 92 valence electrons. The summed E-state index contributed by atoms with van der Waals surface area (Å²) in [5, 5.41) is 0.327. The summed E-state index contributed by atoms with van der Waals surface area (Å²) in [5.41, 5.74) is 0. The fourth-order valence-electron chi connectivity index (χ4n) is 2.92. The first-order chi connectivity index (χ1) is 8.01. The number of piperazine rings is 3. The molecule has 0 aliphatic carbocycles. The summed E-state index contributed by atoms with van der Waals surface area (Å²) in [6, 6.07) is 0. The summed E-state index contributed by atoms with van der Waals surface area (Å²) in [6.07, 6.45) is 0. The number of halogens is 1. The van der Waals surface area contributed by atoms with E-state index in [0.29, 0.717) is 5.28 Å². The predicted octanol–water partition coefficient (Wildman–Crippen LogP) is 0.615. The summed E-state index contributed by atoms with van der Waals surface area (Å²) >= 11 is 5.95. The molecule has 1 aromatic rings. The molecule has 1 aromatic heterocycles. The first kappa shape index (κ1) is 11.3. The molecule has 0 amide bonds. The van der Waals surface area contributed by atoms with Crippen LogP contribution in [0.2, 0.25) is 5.28 Å². The minimum Gasteiger partial charge on any atom is -0.312 e. The first-order valence-corrected chi connectivity index (χ1v) is 6.48. The summed E-state index contributed by atoms with van der Waals surface area (Å²) < 4.78 is 2.11. The van der Waals surface area contributed by atoms with Crippen molar-refractivity contribution in [2.45, 2.75) is 6.92 Å². The van der Waals surface area contributed by atoms with Crippen LogP contribution in [0.5, 0.6) is 0 Å². The van der Waals surface area contributed by atoms with Gasteiger partial charge in [0, 0.05) is 0 Å². The van der Waals surface area contributed by atoms with Gasteiger partial charge in [0.2, 0.25) is 5.28 Å². The highest BCUT2D eigenvalue weighted by atomic mass is 35.5. The molecule has 2 bridgehead atoms. The van der Waals surface area contributed by atoms with Crippen molar-refractivity contribution in [3.63, 3.8) is 0 Å². The number of quaternary nitrogens is 2. The van der Waals surface area contributed by atoms with Crippen LogP contribution in [-0.2, 0) is 0 Å². The fraction of sp³-hybridized carbons (Fsp3) is 0.727. The summed E-state index contributed by atoms with van der Waals surface area (Å²) in [6.45, 7) is 8.87. The number of hydrogen-bond donors (Lipinski definition) is 0. The van der Waals surface area contributed by atoms with E-state index < -0.39 is 0 Å². The van der Waals surface area contributed by atoms with Gasteiger partial charge in [-0.05, 0) is 18.5 Å². The maximum atomic E-state index is 5.95. The van der Waals surface area contributed by atoms with Gasteiger partial charge in [0.25, 0.3) is 0 Å². The minimum atomic E-state index is 0.327. The van der Waals surface area contributed by atoms with Crippen molar-refractivity contribution in [1.82, 2.24) is 19.4 Å². The van der Waals surface area contributed by atoms with Crippen LogP contribution in [0.3, 0.4) is 0 Å². The topological polar surface area (TPSA) is 38.7 Å². The van der Waals surface area contributed by atoms with E-state index >= 15 is 0 Å². The van der Waals surface area contributed by atoms with E-state index in [1.165, 1.54) is 24.1 Å². The normalized spacial score (nSPS) is 36.2. The van der Waals surface area contributed by atoms with Crippen molar-refractivity contribution >= 4 is 17.5 Å². The van der Waals surface area contributed by atoms with Gasteiger partial charge in [0.15, 0.2) is 0 Å². The van der Waals surface area contributed by atoms with Crippen LogP contribution in [0.15, 0.2) is 0 Å². The predicted molar refractivity (Wildman–Crippen MR) is 66.8 cm³/mol. The number of hydrogen-bond acceptors (Lipinski definition) is 3. The van der Waals surface area contributed by atoms with Gasteiger partial charge in [-0.3, -0.25) is 0 Å². The third-order valence-corrected chi connectivity index (χ3v) is 4.51. The largest absolute Gasteiger partial charge is 0.334 e. The third kappa shape index (κ3) is 1.82. The molecule has 3 saturated heterocycles. The van der Waals surface area contributed by atoms with Gasteiger partial charge in [0.1, 0.15) is 45.1 Å². The van der Waals surface area contributed by atoms with E-state index in [1.807, 2.05) is 6.92 Å². The lowest BCUT2D eigenvalue weighted by molar-refractivity contribution is -0.922. The second-order valence-electron chi connectivity index (χ2n) is 5.56. The van der Waals surface area contributed by atoms with Gasteiger partial charge in [0.05, 0.1) is 7.05 Å². The number of rotatable bonds is 1. The standard InChI is InChI=1S/C11H18ClN5/c1-9-13-10(12)15-11(14-9)17-6-3-16(2,4-7-17)5-8-17/h3-8H2,1-2H3/q+2. The highest BCUT2D eigenvalue weighted by molar-refractivity contribution is 6.28. The minimum absolute atomic E-state index is 0.327. The lowest BCUT2D eigenvalue weighted by atomic mass is 10.1. The summed E-state index contributed by atoms with van der Waals surface area (Å²) in [5.74, 6) is 1.59. The number of aryl methyl sites for hydroxylation is 1. The average Bonchev–Trinajstić information content (AvgIpc) is 2.29. The van der Waals surface area contributed by atoms with Gasteiger partial charge in [-0.2, -0.15) is 4.98 Å². The third-order valence-electron chi connectivity index (χ3n) is 4.34. The summed E-state index contributed by atoms with van der Waals surface area (Å²) in [4.78, 5) is 12.9. The molecule has 0 N–H and O–H groups in total. The molecule has 0 aromatic carbocycles. The van der Waals surface area contributed by atoms with Crippen molar-refractivity contribution in [3.8, 4) is 0 Å². The van der Waals surface area contributed by atoms with Gasteiger partial charge < -0.3 is 4.48 Å². The number of nitrogens with zero attached hydrogens (tertiary/aromatic N) is 5. The van der Waals surface area contributed by atoms with E-state index in [2.05, 4.69) is 22.0 Å². The molecule has 4 rings (SSSR count). The highest BCUT2D eigenvalue weighted by Crippen LogP contribution is 2.29. The van der Waals surface area contributed by atoms with E-state index in [1.54, 1.807) is 0 Å². The van der Waals surface area contributed by atoms with E-state index in [4.69, 9.17) is 11.6 Å². The molecule has 0 atom stereocenters. The molecule has 17 heavy (non-hydrogen) atoms. The van der Waals surface area contributed by atoms with Gasteiger partial charge >= 0.3 is 5.95 Å². The Balaban J connectivity index is 1.98. The molecule has 3 aliphatic rings. The van der Waals surface area contributed by atoms with E-state index in [-0.39, 0.29) is 0 Å². The number of fused-ring (bicyclic) bond motifs is 3. The Hall–Kier alpha value is -0.780. The molecule has 0 unspecified atom stereocenters. The van der Waals surface area contributed by atoms with Crippen LogP contribution < -0.4 is 4.48 Å². The Bertz CT molecular complexity index is 416. The molecule has 6 heteroatoms. The molecule has 3 fully saturated rings. The Morgan fingerprint density at radius 2 is 1.53 bits per heavy atom. The first-order valence-electron chi connectivity index (χ1n) is 6.10. The van der Waals surface area contributed by atoms with Crippen molar-refractivity contribution in [3.05, 3.63) is 11.1 Å². The lowest BCUT2D eigenvalue weighted by Crippen LogP contribution is -2.75. The molecular weight excluding hydrogens is 238 g/mol. The molecule has 0 spiro atoms. The van der Waals surface area contributed by atoms with Gasteiger partial charge in [-0.25, -0.2) is 9.47 Å². The van der Waals surface area contributed by atoms with Gasteiger partial charge in [-0.15, -0.1) is 4.98 Å². The molecule has 0 radical (unpaired) electrons. The van der Waals surface area contributed by atoms with Crippen LogP contribution in [0.1, 0.15) is 5.82 Å². The van der Waals surface area contributed by atoms with Crippen molar-refractivity contribution in [2.75, 3.05) is 46.3 Å². The van der Waals surface area contributed by atoms with Crippen LogP contribution in [0, 0.1) is 6.92 Å². The monoisotopic (exact) mass is 255 g/mol. The smallest absolute Gasteiger partial charge is 0.312 e. The van der Waals surface area contributed by atoms with Crippen molar-refractivity contribution in [2.24, 2.45) is 0 Å². The Kier molecular flexibility index (Phi) is 2.40. The second kappa shape index (κ2) is 3.60. The van der Waals surface area contributed by atoms with Crippen LogP contribution in [-0.4, -0.2) is 65.8 Å². The lowest BCUT2D eigenvalue weighted by Gasteiger charge is -2.52. The van der Waals surface area contributed by atoms with E-state index in [0.717, 1.165) is 35.9 Å². The van der Waals surface area contributed by atoms with Crippen molar-refractivity contribution < 1.29 is 4.48 Å². The molecular formula is C11H18ClN5+2. The zero-order valence-corrected chi connectivity index (χ0v) is 11.1. The van der Waals surface area contributed by atoms with Crippen LogP contribution >= 0.6 is 11.6 Å². The fourth-order valence-corrected chi connectivity index (χ4v) is 3.12. The zero-order valence-electron chi connectivity index (χ0n) is 10.4. The molecule has 0 saturated carbocycles. The summed E-state index contributed by atoms with van der Waals surface area (Å²) in [7, 11) is 2.35. The SMILES string of the molecule is Cc1nc(Cl)nc([N+]23CC[N+](C)(CC2)CC3)n1. The van der Waals surface area contributed by atoms with E-state index in [9.17, 15) is 0 Å². The maximum Gasteiger partial charge on any atom is 0.334 e. The Morgan fingerprint density at radius 1 is 0.941 bits per heavy atom. The quantitative estimate of drug-likeness (QED) is 0.691. The molecule has 4 heterocycles. The van der Waals surface area contributed by atoms with Crippen LogP contribution in [0.4, 0.5) is 5.95 Å². The molecule has 5 nitrogen and oxygen atoms in total. The van der Waals surface area contributed by atoms with Crippen molar-refractivity contribution in [1.29, 1.82) is 0 Å². The van der Waals surface area contributed by atoms with Gasteiger partial charge in [-0.1, -0.05) is 0 Å². The number of likely N-dealkylation sites (N-methyl/N-ethyl adjacent to an activating group) is 1. The van der Waals surface area contributed by atoms with Crippen LogP contribution in [0.25, 0.3) is 0 Å². The highest BCUT2D eigenvalue weighted by Gasteiger charge is 2.50. The molecule has 3 aliphatic heterocycles. The Labute approximate surface area is 106 Å². The Morgan fingerprint density at radius 3 is 2.06 bits per heavy atom. The second-order valence-corrected chi connectivity index (χ2v) is 5.90. The maximum absolute atomic E-state index is 5.95.